The SMILES string of the molecule is O=C1N[C@]2(CCOc3ccc(Cl)cc32)C(=O)N1c1cncc2ccccc12. The Labute approximate surface area is 159 Å². The Morgan fingerprint density at radius 1 is 1.15 bits per heavy atom. The summed E-state index contributed by atoms with van der Waals surface area (Å²) in [6, 6.07) is 12.1. The van der Waals surface area contributed by atoms with Gasteiger partial charge in [-0.2, -0.15) is 0 Å². The molecule has 2 aliphatic heterocycles. The van der Waals surface area contributed by atoms with E-state index in [4.69, 9.17) is 16.3 Å². The quantitative estimate of drug-likeness (QED) is 0.655. The normalized spacial score (nSPS) is 21.3. The number of amides is 3. The molecule has 27 heavy (non-hydrogen) atoms. The summed E-state index contributed by atoms with van der Waals surface area (Å²) in [6.07, 6.45) is 3.58. The minimum Gasteiger partial charge on any atom is -0.493 e. The van der Waals surface area contributed by atoms with Crippen molar-refractivity contribution in [2.45, 2.75) is 12.0 Å². The first-order chi connectivity index (χ1) is 13.1. The van der Waals surface area contributed by atoms with Gasteiger partial charge in [-0.05, 0) is 18.2 Å². The number of benzene rings is 2. The highest BCUT2D eigenvalue weighted by Gasteiger charge is 2.55. The van der Waals surface area contributed by atoms with Gasteiger partial charge in [0.25, 0.3) is 5.91 Å². The van der Waals surface area contributed by atoms with Gasteiger partial charge in [-0.15, -0.1) is 0 Å². The number of fused-ring (bicyclic) bond motifs is 3. The molecule has 5 rings (SSSR count). The first-order valence-electron chi connectivity index (χ1n) is 8.52. The Morgan fingerprint density at radius 3 is 2.89 bits per heavy atom. The average Bonchev–Trinajstić information content (AvgIpc) is 2.92. The Hall–Kier alpha value is -3.12. The molecule has 0 unspecified atom stereocenters. The van der Waals surface area contributed by atoms with Crippen LogP contribution >= 0.6 is 11.6 Å². The number of rotatable bonds is 1. The number of urea groups is 1. The van der Waals surface area contributed by atoms with Crippen LogP contribution < -0.4 is 15.0 Å². The number of carbonyl (C=O) groups excluding carboxylic acids is 2. The molecule has 6 nitrogen and oxygen atoms in total. The van der Waals surface area contributed by atoms with E-state index in [1.54, 1.807) is 24.4 Å². The van der Waals surface area contributed by atoms with Gasteiger partial charge in [-0.25, -0.2) is 9.69 Å². The Balaban J connectivity index is 1.68. The molecule has 2 aromatic carbocycles. The fraction of sp³-hybridized carbons (Fsp3) is 0.150. The van der Waals surface area contributed by atoms with Gasteiger partial charge >= 0.3 is 6.03 Å². The second-order valence-electron chi connectivity index (χ2n) is 6.59. The van der Waals surface area contributed by atoms with E-state index >= 15 is 0 Å². The van der Waals surface area contributed by atoms with Crippen LogP contribution in [0.4, 0.5) is 10.5 Å². The van der Waals surface area contributed by atoms with Crippen LogP contribution in [0.3, 0.4) is 0 Å². The number of nitrogens with zero attached hydrogens (tertiary/aromatic N) is 2. The molecule has 3 heterocycles. The van der Waals surface area contributed by atoms with E-state index in [9.17, 15) is 9.59 Å². The van der Waals surface area contributed by atoms with E-state index in [1.165, 1.54) is 11.1 Å². The van der Waals surface area contributed by atoms with Gasteiger partial charge in [-0.3, -0.25) is 9.78 Å². The first kappa shape index (κ1) is 16.1. The number of ether oxygens (including phenoxy) is 1. The van der Waals surface area contributed by atoms with Crippen molar-refractivity contribution in [1.29, 1.82) is 0 Å². The molecule has 134 valence electrons. The van der Waals surface area contributed by atoms with Gasteiger partial charge in [0.05, 0.1) is 18.5 Å². The number of imide groups is 1. The van der Waals surface area contributed by atoms with Crippen LogP contribution in [0.25, 0.3) is 10.8 Å². The van der Waals surface area contributed by atoms with Crippen LogP contribution in [0.15, 0.2) is 54.9 Å². The zero-order chi connectivity index (χ0) is 18.6. The Kier molecular flexibility index (Phi) is 3.39. The van der Waals surface area contributed by atoms with Crippen molar-refractivity contribution in [1.82, 2.24) is 10.3 Å². The highest BCUT2D eigenvalue weighted by molar-refractivity contribution is 6.31. The Bertz CT molecular complexity index is 1110. The third-order valence-electron chi connectivity index (χ3n) is 5.12. The predicted molar refractivity (Wildman–Crippen MR) is 101 cm³/mol. The number of nitrogens with one attached hydrogen (secondary N) is 1. The summed E-state index contributed by atoms with van der Waals surface area (Å²) in [7, 11) is 0. The Morgan fingerprint density at radius 2 is 2.00 bits per heavy atom. The summed E-state index contributed by atoms with van der Waals surface area (Å²) in [5, 5.41) is 5.00. The number of pyridine rings is 1. The van der Waals surface area contributed by atoms with Crippen LogP contribution in [-0.4, -0.2) is 23.5 Å². The molecule has 1 saturated heterocycles. The van der Waals surface area contributed by atoms with E-state index in [2.05, 4.69) is 10.3 Å². The molecule has 1 fully saturated rings. The molecule has 0 radical (unpaired) electrons. The fourth-order valence-electron chi connectivity index (χ4n) is 3.83. The van der Waals surface area contributed by atoms with Crippen LogP contribution in [0, 0.1) is 0 Å². The number of hydrogen-bond acceptors (Lipinski definition) is 4. The van der Waals surface area contributed by atoms with Crippen molar-refractivity contribution in [3.8, 4) is 5.75 Å². The molecule has 2 aliphatic rings. The molecule has 7 heteroatoms. The highest BCUT2D eigenvalue weighted by Crippen LogP contribution is 2.44. The number of carbonyl (C=O) groups is 2. The average molecular weight is 380 g/mol. The van der Waals surface area contributed by atoms with E-state index in [1.807, 2.05) is 24.3 Å². The molecule has 3 aromatic rings. The zero-order valence-electron chi connectivity index (χ0n) is 14.1. The third kappa shape index (κ3) is 2.23. The second kappa shape index (κ2) is 5.69. The maximum Gasteiger partial charge on any atom is 0.330 e. The van der Waals surface area contributed by atoms with E-state index < -0.39 is 11.6 Å². The fourth-order valence-corrected chi connectivity index (χ4v) is 4.01. The standard InChI is InChI=1S/C20H14ClN3O3/c21-13-5-6-17-15(9-13)20(7-8-27-17)18(25)24(19(26)23-20)16-11-22-10-12-3-1-2-4-14(12)16/h1-6,9-11H,7-8H2,(H,23,26)/t20-/m0/s1. The minimum atomic E-state index is -1.19. The summed E-state index contributed by atoms with van der Waals surface area (Å²) < 4.78 is 5.67. The van der Waals surface area contributed by atoms with E-state index in [-0.39, 0.29) is 5.91 Å². The van der Waals surface area contributed by atoms with Gasteiger partial charge < -0.3 is 10.1 Å². The number of anilines is 1. The van der Waals surface area contributed by atoms with Crippen LogP contribution in [0.1, 0.15) is 12.0 Å². The number of hydrogen-bond donors (Lipinski definition) is 1. The molecule has 1 spiro atoms. The molecule has 0 aliphatic carbocycles. The van der Waals surface area contributed by atoms with Crippen molar-refractivity contribution in [2.75, 3.05) is 11.5 Å². The first-order valence-corrected chi connectivity index (χ1v) is 8.90. The second-order valence-corrected chi connectivity index (χ2v) is 7.03. The summed E-state index contributed by atoms with van der Waals surface area (Å²) in [5.74, 6) is 0.203. The molecular weight excluding hydrogens is 366 g/mol. The largest absolute Gasteiger partial charge is 0.493 e. The number of halogens is 1. The summed E-state index contributed by atoms with van der Waals surface area (Å²) in [4.78, 5) is 31.8. The molecule has 3 amide bonds. The van der Waals surface area contributed by atoms with Crippen LogP contribution in [0.2, 0.25) is 5.02 Å². The zero-order valence-corrected chi connectivity index (χ0v) is 14.9. The maximum absolute atomic E-state index is 13.5. The molecule has 0 bridgehead atoms. The third-order valence-corrected chi connectivity index (χ3v) is 5.35. The van der Waals surface area contributed by atoms with Gasteiger partial charge in [0.2, 0.25) is 0 Å². The monoisotopic (exact) mass is 379 g/mol. The van der Waals surface area contributed by atoms with Crippen molar-refractivity contribution >= 4 is 40.0 Å². The lowest BCUT2D eigenvalue weighted by atomic mass is 9.84. The predicted octanol–water partition coefficient (Wildman–Crippen LogP) is 3.62. The van der Waals surface area contributed by atoms with Crippen LogP contribution in [-0.2, 0) is 10.3 Å². The topological polar surface area (TPSA) is 71.5 Å². The molecular formula is C20H14ClN3O3. The smallest absolute Gasteiger partial charge is 0.330 e. The van der Waals surface area contributed by atoms with Gasteiger partial charge in [0.1, 0.15) is 5.75 Å². The lowest BCUT2D eigenvalue weighted by Gasteiger charge is -2.33. The van der Waals surface area contributed by atoms with Gasteiger partial charge in [0.15, 0.2) is 5.54 Å². The lowest BCUT2D eigenvalue weighted by molar-refractivity contribution is -0.123. The lowest BCUT2D eigenvalue weighted by Crippen LogP contribution is -2.47. The van der Waals surface area contributed by atoms with E-state index in [0.29, 0.717) is 35.1 Å². The number of aromatic nitrogens is 1. The van der Waals surface area contributed by atoms with Gasteiger partial charge in [-0.1, -0.05) is 35.9 Å². The van der Waals surface area contributed by atoms with Crippen molar-refractivity contribution in [3.63, 3.8) is 0 Å². The minimum absolute atomic E-state index is 0.322. The molecule has 1 atom stereocenters. The molecule has 1 N–H and O–H groups in total. The van der Waals surface area contributed by atoms with Crippen molar-refractivity contribution in [2.24, 2.45) is 0 Å². The highest BCUT2D eigenvalue weighted by atomic mass is 35.5. The molecule has 0 saturated carbocycles. The maximum atomic E-state index is 13.5. The summed E-state index contributed by atoms with van der Waals surface area (Å²) >= 11 is 6.15. The van der Waals surface area contributed by atoms with Gasteiger partial charge in [0, 0.05) is 34.0 Å². The van der Waals surface area contributed by atoms with Crippen molar-refractivity contribution in [3.05, 3.63) is 65.4 Å². The van der Waals surface area contributed by atoms with E-state index in [0.717, 1.165) is 10.8 Å². The van der Waals surface area contributed by atoms with Crippen LogP contribution in [0.5, 0.6) is 5.75 Å². The van der Waals surface area contributed by atoms with Crippen molar-refractivity contribution < 1.29 is 14.3 Å². The molecule has 1 aromatic heterocycles. The summed E-state index contributed by atoms with van der Waals surface area (Å²) in [5.41, 5.74) is -0.148. The summed E-state index contributed by atoms with van der Waals surface area (Å²) in [6.45, 7) is 0.322.